The number of alkyl carbamates (subject to hydrolysis) is 1. The summed E-state index contributed by atoms with van der Waals surface area (Å²) >= 11 is 0. The number of carbonyl (C=O) groups excluding carboxylic acids is 2. The van der Waals surface area contributed by atoms with Gasteiger partial charge in [0.05, 0.1) is 6.10 Å². The second kappa shape index (κ2) is 9.94. The van der Waals surface area contributed by atoms with E-state index in [0.29, 0.717) is 6.29 Å². The van der Waals surface area contributed by atoms with Crippen LogP contribution >= 0.6 is 0 Å². The predicted molar refractivity (Wildman–Crippen MR) is 120 cm³/mol. The van der Waals surface area contributed by atoms with Crippen molar-refractivity contribution in [2.24, 2.45) is 0 Å². The van der Waals surface area contributed by atoms with Crippen molar-refractivity contribution in [1.82, 2.24) is 5.32 Å². The number of aliphatic hydroxyl groups is 2. The summed E-state index contributed by atoms with van der Waals surface area (Å²) < 4.78 is 19.4. The molecule has 0 fully saturated rings. The molecule has 0 saturated heterocycles. The van der Waals surface area contributed by atoms with E-state index in [1.807, 2.05) is 36.4 Å². The molecule has 1 amide bonds. The van der Waals surface area contributed by atoms with Crippen LogP contribution in [0.5, 0.6) is 0 Å². The molecule has 0 spiro atoms. The molecule has 0 saturated carbocycles. The highest BCUT2D eigenvalue weighted by atomic mass is 19.1. The molecule has 0 bridgehead atoms. The number of amides is 1. The van der Waals surface area contributed by atoms with E-state index in [2.05, 4.69) is 17.4 Å². The van der Waals surface area contributed by atoms with E-state index in [9.17, 15) is 24.2 Å². The Balaban J connectivity index is 1.30. The zero-order valence-corrected chi connectivity index (χ0v) is 17.8. The van der Waals surface area contributed by atoms with E-state index in [4.69, 9.17) is 4.74 Å². The summed E-state index contributed by atoms with van der Waals surface area (Å²) in [4.78, 5) is 23.1. The van der Waals surface area contributed by atoms with Gasteiger partial charge in [0, 0.05) is 23.6 Å². The van der Waals surface area contributed by atoms with Crippen LogP contribution in [0.1, 0.15) is 45.5 Å². The Hall–Kier alpha value is -3.55. The number of hydrogen-bond acceptors (Lipinski definition) is 5. The van der Waals surface area contributed by atoms with E-state index in [0.717, 1.165) is 28.3 Å². The predicted octanol–water partition coefficient (Wildman–Crippen LogP) is 3.96. The van der Waals surface area contributed by atoms with Crippen molar-refractivity contribution in [2.45, 2.75) is 24.5 Å². The molecule has 2 unspecified atom stereocenters. The average molecular weight is 449 g/mol. The minimum atomic E-state index is -1.53. The van der Waals surface area contributed by atoms with Crippen molar-refractivity contribution in [2.75, 3.05) is 13.2 Å². The minimum Gasteiger partial charge on any atom is -0.449 e. The fraction of sp³-hybridized carbons (Fsp3) is 0.231. The maximum Gasteiger partial charge on any atom is 0.407 e. The van der Waals surface area contributed by atoms with Crippen LogP contribution in [0.2, 0.25) is 0 Å². The first-order valence-corrected chi connectivity index (χ1v) is 10.7. The van der Waals surface area contributed by atoms with Gasteiger partial charge < -0.3 is 20.3 Å². The molecule has 0 aromatic heterocycles. The number of benzene rings is 3. The Morgan fingerprint density at radius 1 is 1.03 bits per heavy atom. The number of aliphatic hydroxyl groups excluding tert-OH is 2. The summed E-state index contributed by atoms with van der Waals surface area (Å²) in [5.41, 5.74) is 4.48. The van der Waals surface area contributed by atoms with Crippen molar-refractivity contribution >= 4 is 12.4 Å². The molecule has 6 nitrogen and oxygen atoms in total. The van der Waals surface area contributed by atoms with Gasteiger partial charge in [0.2, 0.25) is 0 Å². The number of aldehydes is 1. The van der Waals surface area contributed by atoms with Crippen LogP contribution in [0.25, 0.3) is 11.1 Å². The van der Waals surface area contributed by atoms with Crippen molar-refractivity contribution in [1.29, 1.82) is 0 Å². The van der Waals surface area contributed by atoms with E-state index in [1.54, 1.807) is 0 Å². The van der Waals surface area contributed by atoms with Gasteiger partial charge in [-0.3, -0.25) is 4.79 Å². The lowest BCUT2D eigenvalue weighted by Crippen LogP contribution is -2.31. The van der Waals surface area contributed by atoms with Crippen LogP contribution in [-0.4, -0.2) is 41.8 Å². The molecular formula is C26H24FNO5. The smallest absolute Gasteiger partial charge is 0.407 e. The standard InChI is InChI=1S/C26H24FNO5/c27-23-10-9-16(14-29)13-21(23)25(31)24(30)11-12-28-26(32)33-15-22-19-7-3-1-5-17(19)18-6-2-4-8-20(18)22/h1-10,13-14,22,24-25,30-31H,11-12,15H2,(H,28,32). The zero-order chi connectivity index (χ0) is 23.4. The average Bonchev–Trinajstić information content (AvgIpc) is 3.16. The Morgan fingerprint density at radius 2 is 1.67 bits per heavy atom. The van der Waals surface area contributed by atoms with E-state index in [1.165, 1.54) is 12.1 Å². The lowest BCUT2D eigenvalue weighted by atomic mass is 9.98. The van der Waals surface area contributed by atoms with Crippen LogP contribution < -0.4 is 5.32 Å². The van der Waals surface area contributed by atoms with Crippen LogP contribution in [-0.2, 0) is 4.74 Å². The summed E-state index contributed by atoms with van der Waals surface area (Å²) in [6.07, 6.45) is -3.02. The third kappa shape index (κ3) is 4.79. The van der Waals surface area contributed by atoms with Crippen LogP contribution in [0.4, 0.5) is 9.18 Å². The lowest BCUT2D eigenvalue weighted by molar-refractivity contribution is 0.0116. The number of ether oxygens (including phenoxy) is 1. The van der Waals surface area contributed by atoms with Crippen LogP contribution in [0.15, 0.2) is 66.7 Å². The highest BCUT2D eigenvalue weighted by molar-refractivity contribution is 5.79. The van der Waals surface area contributed by atoms with Gasteiger partial charge in [0.15, 0.2) is 0 Å². The van der Waals surface area contributed by atoms with Crippen molar-refractivity contribution in [3.8, 4) is 11.1 Å². The zero-order valence-electron chi connectivity index (χ0n) is 17.8. The maximum atomic E-state index is 13.9. The second-order valence-electron chi connectivity index (χ2n) is 7.95. The molecule has 7 heteroatoms. The van der Waals surface area contributed by atoms with Gasteiger partial charge in [0.1, 0.15) is 24.8 Å². The van der Waals surface area contributed by atoms with Gasteiger partial charge in [-0.2, -0.15) is 0 Å². The van der Waals surface area contributed by atoms with Crippen molar-refractivity contribution < 1.29 is 28.9 Å². The molecule has 4 rings (SSSR count). The number of hydrogen-bond donors (Lipinski definition) is 3. The van der Waals surface area contributed by atoms with Crippen molar-refractivity contribution in [3.05, 3.63) is 94.8 Å². The third-order valence-corrected chi connectivity index (χ3v) is 5.89. The van der Waals surface area contributed by atoms with Gasteiger partial charge in [-0.1, -0.05) is 48.5 Å². The Bertz CT molecular complexity index is 1120. The highest BCUT2D eigenvalue weighted by Gasteiger charge is 2.29. The van der Waals surface area contributed by atoms with E-state index >= 15 is 0 Å². The lowest BCUT2D eigenvalue weighted by Gasteiger charge is -2.19. The highest BCUT2D eigenvalue weighted by Crippen LogP contribution is 2.44. The molecule has 33 heavy (non-hydrogen) atoms. The quantitative estimate of drug-likeness (QED) is 0.453. The van der Waals surface area contributed by atoms with E-state index in [-0.39, 0.29) is 36.6 Å². The van der Waals surface area contributed by atoms with Gasteiger partial charge in [-0.15, -0.1) is 0 Å². The first-order chi connectivity index (χ1) is 16.0. The number of fused-ring (bicyclic) bond motifs is 3. The largest absolute Gasteiger partial charge is 0.449 e. The first kappa shape index (κ1) is 22.6. The van der Waals surface area contributed by atoms with E-state index < -0.39 is 24.1 Å². The molecule has 0 aliphatic heterocycles. The first-order valence-electron chi connectivity index (χ1n) is 10.7. The van der Waals surface area contributed by atoms with Gasteiger partial charge >= 0.3 is 6.09 Å². The normalized spacial score (nSPS) is 14.2. The molecular weight excluding hydrogens is 425 g/mol. The Kier molecular flexibility index (Phi) is 6.82. The Morgan fingerprint density at radius 3 is 2.30 bits per heavy atom. The second-order valence-corrected chi connectivity index (χ2v) is 7.95. The molecule has 1 aliphatic carbocycles. The number of nitrogens with one attached hydrogen (secondary N) is 1. The SMILES string of the molecule is O=Cc1ccc(F)c(C(O)C(O)CCNC(=O)OCC2c3ccccc3-c3ccccc32)c1. The summed E-state index contributed by atoms with van der Waals surface area (Å²) in [7, 11) is 0. The fourth-order valence-corrected chi connectivity index (χ4v) is 4.20. The fourth-order valence-electron chi connectivity index (χ4n) is 4.20. The molecule has 3 N–H and O–H groups in total. The summed E-state index contributed by atoms with van der Waals surface area (Å²) in [6, 6.07) is 19.6. The van der Waals surface area contributed by atoms with Gasteiger partial charge in [0.25, 0.3) is 0 Å². The molecule has 170 valence electrons. The summed E-state index contributed by atoms with van der Waals surface area (Å²) in [6.45, 7) is 0.179. The van der Waals surface area contributed by atoms with Gasteiger partial charge in [-0.25, -0.2) is 9.18 Å². The molecule has 0 heterocycles. The maximum absolute atomic E-state index is 13.9. The number of rotatable bonds is 8. The number of carbonyl (C=O) groups is 2. The molecule has 3 aromatic rings. The Labute approximate surface area is 190 Å². The number of halogens is 1. The molecule has 2 atom stereocenters. The monoisotopic (exact) mass is 449 g/mol. The third-order valence-electron chi connectivity index (χ3n) is 5.89. The summed E-state index contributed by atoms with van der Waals surface area (Å²) in [5, 5.41) is 23.0. The molecule has 1 aliphatic rings. The summed E-state index contributed by atoms with van der Waals surface area (Å²) in [5.74, 6) is -0.791. The topological polar surface area (TPSA) is 95.9 Å². The molecule has 3 aromatic carbocycles. The van der Waals surface area contributed by atoms with Gasteiger partial charge in [-0.05, 0) is 46.9 Å². The van der Waals surface area contributed by atoms with Crippen LogP contribution in [0, 0.1) is 5.82 Å². The van der Waals surface area contributed by atoms with Crippen LogP contribution in [0.3, 0.4) is 0 Å². The van der Waals surface area contributed by atoms with Crippen molar-refractivity contribution in [3.63, 3.8) is 0 Å². The minimum absolute atomic E-state index is 0.0177. The molecule has 0 radical (unpaired) electrons.